The van der Waals surface area contributed by atoms with Gasteiger partial charge in [0.1, 0.15) is 5.75 Å². The number of morpholine rings is 1. The predicted octanol–water partition coefficient (Wildman–Crippen LogP) is 3.82. The number of rotatable bonds is 6. The summed E-state index contributed by atoms with van der Waals surface area (Å²) < 4.78 is 11.1. The summed E-state index contributed by atoms with van der Waals surface area (Å²) in [7, 11) is 0. The number of amides is 1. The molecule has 0 radical (unpaired) electrons. The van der Waals surface area contributed by atoms with Crippen molar-refractivity contribution < 1.29 is 14.3 Å². The van der Waals surface area contributed by atoms with Gasteiger partial charge in [-0.05, 0) is 55.8 Å². The summed E-state index contributed by atoms with van der Waals surface area (Å²) in [5.41, 5.74) is 2.24. The van der Waals surface area contributed by atoms with E-state index in [1.165, 1.54) is 5.69 Å². The highest BCUT2D eigenvalue weighted by Gasteiger charge is 2.18. The van der Waals surface area contributed by atoms with Crippen LogP contribution >= 0.6 is 11.6 Å². The molecule has 0 spiro atoms. The number of benzene rings is 2. The zero-order valence-electron chi connectivity index (χ0n) is 15.7. The number of anilines is 1. The van der Waals surface area contributed by atoms with Crippen molar-refractivity contribution in [3.05, 3.63) is 59.1 Å². The van der Waals surface area contributed by atoms with E-state index in [9.17, 15) is 4.79 Å². The highest BCUT2D eigenvalue weighted by atomic mass is 35.5. The van der Waals surface area contributed by atoms with Gasteiger partial charge < -0.3 is 19.7 Å². The van der Waals surface area contributed by atoms with Gasteiger partial charge in [0, 0.05) is 23.8 Å². The van der Waals surface area contributed by atoms with Crippen LogP contribution in [-0.4, -0.2) is 38.3 Å². The summed E-state index contributed by atoms with van der Waals surface area (Å²) in [6, 6.07) is 15.2. The molecule has 0 aliphatic carbocycles. The van der Waals surface area contributed by atoms with Crippen LogP contribution in [-0.2, 0) is 9.53 Å². The molecular weight excluding hydrogens is 364 g/mol. The van der Waals surface area contributed by atoms with Gasteiger partial charge in [-0.1, -0.05) is 23.7 Å². The van der Waals surface area contributed by atoms with Crippen molar-refractivity contribution in [3.8, 4) is 5.75 Å². The second-order valence-electron chi connectivity index (χ2n) is 6.64. The van der Waals surface area contributed by atoms with E-state index in [1.54, 1.807) is 31.2 Å². The van der Waals surface area contributed by atoms with Crippen molar-refractivity contribution >= 4 is 23.2 Å². The zero-order valence-corrected chi connectivity index (χ0v) is 16.4. The third kappa shape index (κ3) is 5.37. The first-order chi connectivity index (χ1) is 13.0. The average Bonchev–Trinajstić information content (AvgIpc) is 2.70. The fourth-order valence-electron chi connectivity index (χ4n) is 2.98. The van der Waals surface area contributed by atoms with Crippen molar-refractivity contribution in [2.24, 2.45) is 0 Å². The second kappa shape index (κ2) is 9.11. The van der Waals surface area contributed by atoms with Crippen molar-refractivity contribution in [3.63, 3.8) is 0 Å². The SMILES string of the molecule is CC(Oc1ccc(Cl)cc1)C(=O)NC(C)c1ccc(N2CCOCC2)cc1. The highest BCUT2D eigenvalue weighted by Crippen LogP contribution is 2.21. The molecule has 2 atom stereocenters. The van der Waals surface area contributed by atoms with Crippen molar-refractivity contribution in [1.82, 2.24) is 5.32 Å². The smallest absolute Gasteiger partial charge is 0.261 e. The maximum atomic E-state index is 12.4. The molecule has 1 heterocycles. The average molecular weight is 389 g/mol. The summed E-state index contributed by atoms with van der Waals surface area (Å²) in [4.78, 5) is 14.7. The van der Waals surface area contributed by atoms with Crippen LogP contribution < -0.4 is 15.0 Å². The molecular formula is C21H25ClN2O3. The van der Waals surface area contributed by atoms with E-state index in [2.05, 4.69) is 34.5 Å². The van der Waals surface area contributed by atoms with Crippen molar-refractivity contribution in [1.29, 1.82) is 0 Å². The van der Waals surface area contributed by atoms with E-state index in [-0.39, 0.29) is 11.9 Å². The molecule has 3 rings (SSSR count). The minimum absolute atomic E-state index is 0.104. The Morgan fingerprint density at radius 2 is 1.70 bits per heavy atom. The molecule has 0 aromatic heterocycles. The van der Waals surface area contributed by atoms with Crippen molar-refractivity contribution in [2.75, 3.05) is 31.2 Å². The Bertz CT molecular complexity index is 743. The fraction of sp³-hybridized carbons (Fsp3) is 0.381. The van der Waals surface area contributed by atoms with E-state index in [4.69, 9.17) is 21.1 Å². The molecule has 0 bridgehead atoms. The van der Waals surface area contributed by atoms with Crippen LogP contribution in [0.5, 0.6) is 5.75 Å². The molecule has 2 aromatic carbocycles. The topological polar surface area (TPSA) is 50.8 Å². The lowest BCUT2D eigenvalue weighted by Gasteiger charge is -2.29. The zero-order chi connectivity index (χ0) is 19.2. The van der Waals surface area contributed by atoms with E-state index >= 15 is 0 Å². The molecule has 144 valence electrons. The standard InChI is InChI=1S/C21H25ClN2O3/c1-15(17-3-7-19(8-4-17)24-11-13-26-14-12-24)23-21(25)16(2)27-20-9-5-18(22)6-10-20/h3-10,15-16H,11-14H2,1-2H3,(H,23,25). The third-order valence-corrected chi connectivity index (χ3v) is 4.88. The highest BCUT2D eigenvalue weighted by molar-refractivity contribution is 6.30. The van der Waals surface area contributed by atoms with Crippen LogP contribution in [0.4, 0.5) is 5.69 Å². The van der Waals surface area contributed by atoms with E-state index < -0.39 is 6.10 Å². The minimum atomic E-state index is -0.596. The molecule has 1 amide bonds. The Kier molecular flexibility index (Phi) is 6.58. The van der Waals surface area contributed by atoms with Gasteiger partial charge in [-0.3, -0.25) is 4.79 Å². The number of carbonyl (C=O) groups is 1. The van der Waals surface area contributed by atoms with Gasteiger partial charge in [0.2, 0.25) is 0 Å². The van der Waals surface area contributed by atoms with Gasteiger partial charge in [0.25, 0.3) is 5.91 Å². The monoisotopic (exact) mass is 388 g/mol. The lowest BCUT2D eigenvalue weighted by atomic mass is 10.1. The first-order valence-corrected chi connectivity index (χ1v) is 9.56. The number of nitrogens with one attached hydrogen (secondary N) is 1. The van der Waals surface area contributed by atoms with E-state index in [1.807, 2.05) is 6.92 Å². The summed E-state index contributed by atoms with van der Waals surface area (Å²) in [5.74, 6) is 0.458. The van der Waals surface area contributed by atoms with Crippen molar-refractivity contribution in [2.45, 2.75) is 26.0 Å². The second-order valence-corrected chi connectivity index (χ2v) is 7.07. The van der Waals surface area contributed by atoms with Crippen LogP contribution in [0.25, 0.3) is 0 Å². The Morgan fingerprint density at radius 1 is 1.07 bits per heavy atom. The number of halogens is 1. The first-order valence-electron chi connectivity index (χ1n) is 9.18. The predicted molar refractivity (Wildman–Crippen MR) is 108 cm³/mol. The summed E-state index contributed by atoms with van der Waals surface area (Å²) >= 11 is 5.86. The molecule has 2 aromatic rings. The molecule has 1 aliphatic rings. The molecule has 1 N–H and O–H groups in total. The van der Waals surface area contributed by atoms with E-state index in [0.29, 0.717) is 10.8 Å². The molecule has 1 saturated heterocycles. The third-order valence-electron chi connectivity index (χ3n) is 4.62. The van der Waals surface area contributed by atoms with Crippen LogP contribution in [0.2, 0.25) is 5.02 Å². The van der Waals surface area contributed by atoms with Crippen LogP contribution in [0.1, 0.15) is 25.5 Å². The molecule has 1 fully saturated rings. The van der Waals surface area contributed by atoms with Crippen LogP contribution in [0, 0.1) is 0 Å². The lowest BCUT2D eigenvalue weighted by molar-refractivity contribution is -0.127. The Balaban J connectivity index is 1.54. The van der Waals surface area contributed by atoms with E-state index in [0.717, 1.165) is 31.9 Å². The number of ether oxygens (including phenoxy) is 2. The van der Waals surface area contributed by atoms with Gasteiger partial charge in [-0.2, -0.15) is 0 Å². The summed E-state index contributed by atoms with van der Waals surface area (Å²) in [5, 5.41) is 3.64. The van der Waals surface area contributed by atoms with Gasteiger partial charge in [0.05, 0.1) is 19.3 Å². The number of hydrogen-bond donors (Lipinski definition) is 1. The summed E-state index contributed by atoms with van der Waals surface area (Å²) in [6.07, 6.45) is -0.596. The van der Waals surface area contributed by atoms with Crippen LogP contribution in [0.3, 0.4) is 0 Å². The largest absolute Gasteiger partial charge is 0.481 e. The number of carbonyl (C=O) groups excluding carboxylic acids is 1. The Morgan fingerprint density at radius 3 is 2.33 bits per heavy atom. The minimum Gasteiger partial charge on any atom is -0.481 e. The lowest BCUT2D eigenvalue weighted by Crippen LogP contribution is -2.38. The molecule has 1 aliphatic heterocycles. The van der Waals surface area contributed by atoms with Gasteiger partial charge >= 0.3 is 0 Å². The Labute approximate surface area is 165 Å². The van der Waals surface area contributed by atoms with Gasteiger partial charge in [-0.15, -0.1) is 0 Å². The molecule has 27 heavy (non-hydrogen) atoms. The maximum Gasteiger partial charge on any atom is 0.261 e. The van der Waals surface area contributed by atoms with Gasteiger partial charge in [-0.25, -0.2) is 0 Å². The molecule has 5 nitrogen and oxygen atoms in total. The quantitative estimate of drug-likeness (QED) is 0.817. The molecule has 2 unspecified atom stereocenters. The summed E-state index contributed by atoms with van der Waals surface area (Å²) in [6.45, 7) is 7.05. The maximum absolute atomic E-state index is 12.4. The molecule has 6 heteroatoms. The number of hydrogen-bond acceptors (Lipinski definition) is 4. The number of nitrogens with zero attached hydrogens (tertiary/aromatic N) is 1. The Hall–Kier alpha value is -2.24. The normalized spacial score (nSPS) is 16.5. The fourth-order valence-corrected chi connectivity index (χ4v) is 3.11. The van der Waals surface area contributed by atoms with Crippen LogP contribution in [0.15, 0.2) is 48.5 Å². The van der Waals surface area contributed by atoms with Gasteiger partial charge in [0.15, 0.2) is 6.10 Å². The first kappa shape index (κ1) is 19.5. The molecule has 0 saturated carbocycles.